The summed E-state index contributed by atoms with van der Waals surface area (Å²) in [5, 5.41) is 0.777. The van der Waals surface area contributed by atoms with Gasteiger partial charge in [0.15, 0.2) is 0 Å². The van der Waals surface area contributed by atoms with Gasteiger partial charge in [-0.3, -0.25) is 9.36 Å². The molecule has 1 fully saturated rings. The van der Waals surface area contributed by atoms with Crippen LogP contribution in [0.15, 0.2) is 46.6 Å². The molecule has 0 radical (unpaired) electrons. The van der Waals surface area contributed by atoms with Gasteiger partial charge in [0, 0.05) is 65.5 Å². The number of carbonyl (C=O) groups is 1. The summed E-state index contributed by atoms with van der Waals surface area (Å²) in [4.78, 5) is 35.2. The Morgan fingerprint density at radius 2 is 1.97 bits per heavy atom. The highest BCUT2D eigenvalue weighted by molar-refractivity contribution is 7.99. The standard InChI is InChI=1S/C28H30F2N4O3S.H2S/c1-6-23(35)32-11-17(4)33(12-16(32)3)27-21-9-15(2)24(20-8-7-18(29)10-22(20)30)26-25(21)34(28(36)31-27)19(13-37-5)14-38-26;/h6-10,16-17,19H,1,11-14H2,2-5H3;1H2/t16-,17+,19+;/m1./s1. The predicted octanol–water partition coefficient (Wildman–Crippen LogP) is 4.67. The van der Waals surface area contributed by atoms with Gasteiger partial charge in [0.25, 0.3) is 0 Å². The molecular formula is C28H32F2N4O3S2. The third-order valence-electron chi connectivity index (χ3n) is 7.40. The molecule has 0 saturated carbocycles. The molecule has 0 bridgehead atoms. The third kappa shape index (κ3) is 4.96. The molecule has 11 heteroatoms. The zero-order valence-electron chi connectivity index (χ0n) is 22.3. The highest BCUT2D eigenvalue weighted by atomic mass is 32.2. The first kappa shape index (κ1) is 29.1. The van der Waals surface area contributed by atoms with Crippen LogP contribution in [0.2, 0.25) is 0 Å². The lowest BCUT2D eigenvalue weighted by atomic mass is 9.96. The molecule has 0 N–H and O–H groups in total. The first-order valence-electron chi connectivity index (χ1n) is 12.5. The van der Waals surface area contributed by atoms with E-state index in [0.29, 0.717) is 42.3 Å². The molecule has 2 aliphatic rings. The monoisotopic (exact) mass is 574 g/mol. The summed E-state index contributed by atoms with van der Waals surface area (Å²) in [5.74, 6) is -0.343. The number of nitrogens with zero attached hydrogens (tertiary/aromatic N) is 4. The highest BCUT2D eigenvalue weighted by Gasteiger charge is 2.35. The van der Waals surface area contributed by atoms with E-state index in [4.69, 9.17) is 4.74 Å². The average molecular weight is 575 g/mol. The summed E-state index contributed by atoms with van der Waals surface area (Å²) in [6.45, 7) is 10.7. The van der Waals surface area contributed by atoms with E-state index in [2.05, 4.69) is 16.5 Å². The first-order chi connectivity index (χ1) is 18.2. The molecule has 7 nitrogen and oxygen atoms in total. The predicted molar refractivity (Wildman–Crippen MR) is 156 cm³/mol. The number of hydrogen-bond acceptors (Lipinski definition) is 6. The lowest BCUT2D eigenvalue weighted by Gasteiger charge is -2.45. The van der Waals surface area contributed by atoms with E-state index in [9.17, 15) is 14.0 Å². The van der Waals surface area contributed by atoms with Crippen molar-refractivity contribution in [2.45, 2.75) is 43.8 Å². The molecule has 1 amide bonds. The number of amides is 1. The van der Waals surface area contributed by atoms with Gasteiger partial charge in [-0.05, 0) is 50.6 Å². The lowest BCUT2D eigenvalue weighted by molar-refractivity contribution is -0.128. The van der Waals surface area contributed by atoms with Crippen molar-refractivity contribution in [2.75, 3.05) is 37.5 Å². The van der Waals surface area contributed by atoms with Crippen LogP contribution >= 0.6 is 25.3 Å². The van der Waals surface area contributed by atoms with Gasteiger partial charge in [-0.15, -0.1) is 11.8 Å². The van der Waals surface area contributed by atoms with Crippen molar-refractivity contribution < 1.29 is 18.3 Å². The summed E-state index contributed by atoms with van der Waals surface area (Å²) in [5.41, 5.74) is 1.99. The van der Waals surface area contributed by atoms with E-state index in [1.54, 1.807) is 28.3 Å². The minimum absolute atomic E-state index is 0. The second-order valence-corrected chi connectivity index (χ2v) is 11.0. The number of rotatable bonds is 5. The largest absolute Gasteiger partial charge is 0.383 e. The number of ether oxygens (including phenoxy) is 1. The number of methoxy groups -OCH3 is 1. The molecule has 208 valence electrons. The van der Waals surface area contributed by atoms with Crippen LogP contribution in [0.4, 0.5) is 14.6 Å². The Morgan fingerprint density at radius 3 is 2.64 bits per heavy atom. The van der Waals surface area contributed by atoms with Gasteiger partial charge in [0.05, 0.1) is 18.2 Å². The molecule has 2 aromatic carbocycles. The summed E-state index contributed by atoms with van der Waals surface area (Å²) < 4.78 is 35.8. The van der Waals surface area contributed by atoms with Crippen LogP contribution in [0, 0.1) is 18.6 Å². The number of carbonyl (C=O) groups excluding carboxylic acids is 1. The van der Waals surface area contributed by atoms with Crippen molar-refractivity contribution in [1.82, 2.24) is 14.5 Å². The number of piperazine rings is 1. The zero-order chi connectivity index (χ0) is 27.3. The number of aromatic nitrogens is 2. The molecule has 3 heterocycles. The number of aryl methyl sites for hydroxylation is 1. The fourth-order valence-electron chi connectivity index (χ4n) is 5.63. The maximum absolute atomic E-state index is 15.0. The van der Waals surface area contributed by atoms with E-state index in [0.717, 1.165) is 21.9 Å². The molecule has 3 atom stereocenters. The Balaban J connectivity index is 0.00000353. The first-order valence-corrected chi connectivity index (χ1v) is 13.5. The summed E-state index contributed by atoms with van der Waals surface area (Å²) in [6.07, 6.45) is 1.32. The summed E-state index contributed by atoms with van der Waals surface area (Å²) in [7, 11) is 1.59. The average Bonchev–Trinajstić information content (AvgIpc) is 2.88. The number of benzene rings is 2. The van der Waals surface area contributed by atoms with Crippen LogP contribution in [0.3, 0.4) is 0 Å². The van der Waals surface area contributed by atoms with Crippen LogP contribution in [0.25, 0.3) is 22.0 Å². The van der Waals surface area contributed by atoms with Crippen LogP contribution in [-0.4, -0.2) is 65.0 Å². The number of halogens is 2. The van der Waals surface area contributed by atoms with E-state index in [1.807, 2.05) is 26.8 Å². The summed E-state index contributed by atoms with van der Waals surface area (Å²) in [6, 6.07) is 5.03. The SMILES string of the molecule is C=CC(=O)N1C[C@H](C)N(c2nc(=O)n3c4c(c(-c5ccc(F)cc5F)c(C)cc24)SC[C@@H]3COC)C[C@H]1C.S. The molecule has 39 heavy (non-hydrogen) atoms. The van der Waals surface area contributed by atoms with Gasteiger partial charge >= 0.3 is 5.69 Å². The van der Waals surface area contributed by atoms with Crippen molar-refractivity contribution in [3.63, 3.8) is 0 Å². The normalized spacial score (nSPS) is 20.6. The van der Waals surface area contributed by atoms with Crippen LogP contribution in [-0.2, 0) is 9.53 Å². The van der Waals surface area contributed by atoms with E-state index < -0.39 is 17.3 Å². The van der Waals surface area contributed by atoms with Crippen LogP contribution in [0.5, 0.6) is 0 Å². The van der Waals surface area contributed by atoms with Crippen molar-refractivity contribution in [3.05, 3.63) is 64.6 Å². The fraction of sp³-hybridized carbons (Fsp3) is 0.393. The quantitative estimate of drug-likeness (QED) is 0.413. The highest BCUT2D eigenvalue weighted by Crippen LogP contribution is 2.46. The molecule has 2 aliphatic heterocycles. The maximum Gasteiger partial charge on any atom is 0.350 e. The van der Waals surface area contributed by atoms with Gasteiger partial charge in [-0.1, -0.05) is 6.58 Å². The Bertz CT molecular complexity index is 1510. The van der Waals surface area contributed by atoms with Crippen LogP contribution in [0.1, 0.15) is 25.5 Å². The van der Waals surface area contributed by atoms with Crippen molar-refractivity contribution in [2.24, 2.45) is 0 Å². The van der Waals surface area contributed by atoms with E-state index in [1.165, 1.54) is 18.2 Å². The molecule has 0 unspecified atom stereocenters. The molecule has 0 aliphatic carbocycles. The Morgan fingerprint density at radius 1 is 1.23 bits per heavy atom. The van der Waals surface area contributed by atoms with E-state index in [-0.39, 0.29) is 43.1 Å². The molecule has 5 rings (SSSR count). The van der Waals surface area contributed by atoms with Crippen molar-refractivity contribution in [1.29, 1.82) is 0 Å². The topological polar surface area (TPSA) is 67.7 Å². The molecule has 1 saturated heterocycles. The van der Waals surface area contributed by atoms with Crippen LogP contribution < -0.4 is 10.6 Å². The zero-order valence-corrected chi connectivity index (χ0v) is 24.1. The van der Waals surface area contributed by atoms with Gasteiger partial charge < -0.3 is 14.5 Å². The van der Waals surface area contributed by atoms with Gasteiger partial charge in [0.1, 0.15) is 17.5 Å². The third-order valence-corrected chi connectivity index (χ3v) is 8.64. The Kier molecular flexibility index (Phi) is 8.44. The number of anilines is 1. The number of thioether (sulfide) groups is 1. The molecule has 0 spiro atoms. The Hall–Kier alpha value is -2.89. The second-order valence-electron chi connectivity index (χ2n) is 9.97. The van der Waals surface area contributed by atoms with Crippen molar-refractivity contribution >= 4 is 47.9 Å². The fourth-order valence-corrected chi connectivity index (χ4v) is 6.99. The minimum atomic E-state index is -0.656. The molecule has 3 aromatic rings. The minimum Gasteiger partial charge on any atom is -0.383 e. The van der Waals surface area contributed by atoms with Crippen molar-refractivity contribution in [3.8, 4) is 11.1 Å². The van der Waals surface area contributed by atoms with E-state index >= 15 is 4.39 Å². The lowest BCUT2D eigenvalue weighted by Crippen LogP contribution is -2.58. The molecule has 1 aromatic heterocycles. The smallest absolute Gasteiger partial charge is 0.350 e. The molecular weight excluding hydrogens is 542 g/mol. The van der Waals surface area contributed by atoms with Gasteiger partial charge in [0.2, 0.25) is 5.91 Å². The summed E-state index contributed by atoms with van der Waals surface area (Å²) >= 11 is 1.54. The van der Waals surface area contributed by atoms with Gasteiger partial charge in [-0.2, -0.15) is 18.5 Å². The maximum atomic E-state index is 15.0. The van der Waals surface area contributed by atoms with Gasteiger partial charge in [-0.25, -0.2) is 13.6 Å². The Labute approximate surface area is 237 Å². The second kappa shape index (κ2) is 11.3. The number of hydrogen-bond donors (Lipinski definition) is 0.